The van der Waals surface area contributed by atoms with Crippen LogP contribution < -0.4 is 10.6 Å². The Labute approximate surface area is 201 Å². The fourth-order valence-electron chi connectivity index (χ4n) is 5.43. The number of carbonyl (C=O) groups excluding carboxylic acids is 1. The topological polar surface area (TPSA) is 44.4 Å². The van der Waals surface area contributed by atoms with E-state index in [1.54, 1.807) is 0 Å². The predicted octanol–water partition coefficient (Wildman–Crippen LogP) is 6.11. The normalized spacial score (nSPS) is 20.0. The highest BCUT2D eigenvalue weighted by molar-refractivity contribution is 5.78. The molecule has 1 amide bonds. The van der Waals surface area contributed by atoms with E-state index >= 15 is 0 Å². The third kappa shape index (κ3) is 13.8. The van der Waals surface area contributed by atoms with E-state index in [1.807, 2.05) is 0 Å². The predicted molar refractivity (Wildman–Crippen MR) is 140 cm³/mol. The van der Waals surface area contributed by atoms with Crippen LogP contribution in [0.15, 0.2) is 0 Å². The minimum absolute atomic E-state index is 0.0996. The summed E-state index contributed by atoms with van der Waals surface area (Å²) in [5.41, 5.74) is 0. The van der Waals surface area contributed by atoms with E-state index in [4.69, 9.17) is 0 Å². The van der Waals surface area contributed by atoms with Crippen molar-refractivity contribution in [3.05, 3.63) is 0 Å². The SMILES string of the molecule is CCCC(C)CC(C)CCC(CCCC(C)C)NC(=O)C(C)CC(C)CN1CCNCC1. The summed E-state index contributed by atoms with van der Waals surface area (Å²) in [6.45, 7) is 21.7. The maximum absolute atomic E-state index is 13.1. The summed E-state index contributed by atoms with van der Waals surface area (Å²) in [6, 6.07) is 0.344. The van der Waals surface area contributed by atoms with Gasteiger partial charge in [-0.15, -0.1) is 0 Å². The molecule has 5 unspecified atom stereocenters. The molecule has 4 nitrogen and oxygen atoms in total. The Morgan fingerprint density at radius 2 is 1.50 bits per heavy atom. The number of amides is 1. The molecule has 0 saturated carbocycles. The molecule has 1 rings (SSSR count). The number of carbonyl (C=O) groups is 1. The van der Waals surface area contributed by atoms with Crippen molar-refractivity contribution < 1.29 is 4.79 Å². The second kappa shape index (κ2) is 16.9. The molecule has 0 radical (unpaired) electrons. The lowest BCUT2D eigenvalue weighted by molar-refractivity contribution is -0.125. The van der Waals surface area contributed by atoms with Crippen LogP contribution in [0.4, 0.5) is 0 Å². The van der Waals surface area contributed by atoms with Gasteiger partial charge in [0.1, 0.15) is 0 Å². The maximum atomic E-state index is 13.1. The Hall–Kier alpha value is -0.610. The van der Waals surface area contributed by atoms with Gasteiger partial charge < -0.3 is 15.5 Å². The van der Waals surface area contributed by atoms with Crippen LogP contribution in [0.1, 0.15) is 106 Å². The van der Waals surface area contributed by atoms with Crippen molar-refractivity contribution in [3.8, 4) is 0 Å². The summed E-state index contributed by atoms with van der Waals surface area (Å²) in [4.78, 5) is 15.6. The van der Waals surface area contributed by atoms with Gasteiger partial charge in [0, 0.05) is 44.7 Å². The van der Waals surface area contributed by atoms with E-state index in [1.165, 1.54) is 38.5 Å². The van der Waals surface area contributed by atoms with Crippen LogP contribution in [0.3, 0.4) is 0 Å². The third-order valence-electron chi connectivity index (χ3n) is 7.26. The largest absolute Gasteiger partial charge is 0.353 e. The van der Waals surface area contributed by atoms with E-state index < -0.39 is 0 Å². The van der Waals surface area contributed by atoms with Gasteiger partial charge in [-0.3, -0.25) is 4.79 Å². The summed E-state index contributed by atoms with van der Waals surface area (Å²) in [7, 11) is 0. The van der Waals surface area contributed by atoms with Crippen LogP contribution in [0.25, 0.3) is 0 Å². The highest BCUT2D eigenvalue weighted by Crippen LogP contribution is 2.23. The fourth-order valence-corrected chi connectivity index (χ4v) is 5.43. The lowest BCUT2D eigenvalue weighted by Crippen LogP contribution is -2.45. The van der Waals surface area contributed by atoms with E-state index in [9.17, 15) is 4.79 Å². The first-order chi connectivity index (χ1) is 15.2. The molecule has 1 heterocycles. The Kier molecular flexibility index (Phi) is 15.6. The standard InChI is InChI=1S/C28H57N3O/c1-8-10-23(4)19-24(5)13-14-27(12-9-11-22(2)3)30-28(32)26(7)20-25(6)21-31-17-15-29-16-18-31/h22-27,29H,8-21H2,1-7H3,(H,30,32). The highest BCUT2D eigenvalue weighted by atomic mass is 16.1. The number of hydrogen-bond donors (Lipinski definition) is 2. The van der Waals surface area contributed by atoms with E-state index in [2.05, 4.69) is 64.0 Å². The second-order valence-corrected chi connectivity index (χ2v) is 11.6. The quantitative estimate of drug-likeness (QED) is 0.280. The van der Waals surface area contributed by atoms with E-state index in [-0.39, 0.29) is 11.8 Å². The molecule has 32 heavy (non-hydrogen) atoms. The zero-order valence-electron chi connectivity index (χ0n) is 22.7. The van der Waals surface area contributed by atoms with Crippen LogP contribution in [-0.4, -0.2) is 49.6 Å². The summed E-state index contributed by atoms with van der Waals surface area (Å²) in [6.07, 6.45) is 10.9. The minimum atomic E-state index is 0.0996. The smallest absolute Gasteiger partial charge is 0.223 e. The Morgan fingerprint density at radius 1 is 0.844 bits per heavy atom. The van der Waals surface area contributed by atoms with Gasteiger partial charge in [0.25, 0.3) is 0 Å². The molecule has 0 spiro atoms. The van der Waals surface area contributed by atoms with Crippen LogP contribution in [0.5, 0.6) is 0 Å². The van der Waals surface area contributed by atoms with Crippen LogP contribution >= 0.6 is 0 Å². The van der Waals surface area contributed by atoms with Crippen molar-refractivity contribution in [1.82, 2.24) is 15.5 Å². The number of hydrogen-bond acceptors (Lipinski definition) is 3. The van der Waals surface area contributed by atoms with Gasteiger partial charge >= 0.3 is 0 Å². The molecule has 1 aliphatic rings. The lowest BCUT2D eigenvalue weighted by atomic mass is 9.88. The molecule has 1 saturated heterocycles. The minimum Gasteiger partial charge on any atom is -0.353 e. The Bertz CT molecular complexity index is 475. The van der Waals surface area contributed by atoms with Crippen molar-refractivity contribution in [2.24, 2.45) is 29.6 Å². The zero-order chi connectivity index (χ0) is 23.9. The van der Waals surface area contributed by atoms with E-state index in [0.29, 0.717) is 12.0 Å². The monoisotopic (exact) mass is 451 g/mol. The summed E-state index contributed by atoms with van der Waals surface area (Å²) in [5.74, 6) is 3.25. The first-order valence-electron chi connectivity index (χ1n) is 13.9. The van der Waals surface area contributed by atoms with Gasteiger partial charge in [-0.05, 0) is 55.8 Å². The molecule has 4 heteroatoms. The average molecular weight is 452 g/mol. The molecular formula is C28H57N3O. The van der Waals surface area contributed by atoms with Gasteiger partial charge in [-0.2, -0.15) is 0 Å². The van der Waals surface area contributed by atoms with Crippen LogP contribution in [0.2, 0.25) is 0 Å². The van der Waals surface area contributed by atoms with Gasteiger partial charge in [0.15, 0.2) is 0 Å². The molecule has 0 bridgehead atoms. The maximum Gasteiger partial charge on any atom is 0.223 e. The molecule has 0 aromatic heterocycles. The number of rotatable bonds is 17. The first kappa shape index (κ1) is 29.4. The van der Waals surface area contributed by atoms with Gasteiger partial charge in [0.2, 0.25) is 5.91 Å². The molecule has 0 aliphatic carbocycles. The molecule has 1 aliphatic heterocycles. The summed E-state index contributed by atoms with van der Waals surface area (Å²) in [5, 5.41) is 6.89. The molecular weight excluding hydrogens is 394 g/mol. The van der Waals surface area contributed by atoms with Crippen molar-refractivity contribution in [2.75, 3.05) is 32.7 Å². The molecule has 1 fully saturated rings. The summed E-state index contributed by atoms with van der Waals surface area (Å²) < 4.78 is 0. The molecule has 0 aromatic rings. The van der Waals surface area contributed by atoms with Crippen LogP contribution in [0, 0.1) is 29.6 Å². The number of piperazine rings is 1. The Morgan fingerprint density at radius 3 is 2.12 bits per heavy atom. The lowest BCUT2D eigenvalue weighted by Gasteiger charge is -2.30. The molecule has 5 atom stereocenters. The number of nitrogens with one attached hydrogen (secondary N) is 2. The molecule has 0 aromatic carbocycles. The van der Waals surface area contributed by atoms with Crippen molar-refractivity contribution >= 4 is 5.91 Å². The van der Waals surface area contributed by atoms with E-state index in [0.717, 1.165) is 69.7 Å². The number of nitrogens with zero attached hydrogens (tertiary/aromatic N) is 1. The second-order valence-electron chi connectivity index (χ2n) is 11.6. The van der Waals surface area contributed by atoms with Crippen molar-refractivity contribution in [3.63, 3.8) is 0 Å². The van der Waals surface area contributed by atoms with Gasteiger partial charge in [-0.1, -0.05) is 74.1 Å². The molecule has 2 N–H and O–H groups in total. The van der Waals surface area contributed by atoms with Crippen molar-refractivity contribution in [2.45, 2.75) is 112 Å². The Balaban J connectivity index is 2.48. The summed E-state index contributed by atoms with van der Waals surface area (Å²) >= 11 is 0. The average Bonchev–Trinajstić information content (AvgIpc) is 2.72. The zero-order valence-corrected chi connectivity index (χ0v) is 22.7. The van der Waals surface area contributed by atoms with Crippen LogP contribution in [-0.2, 0) is 4.79 Å². The fraction of sp³-hybridized carbons (Fsp3) is 0.964. The van der Waals surface area contributed by atoms with Gasteiger partial charge in [-0.25, -0.2) is 0 Å². The highest BCUT2D eigenvalue weighted by Gasteiger charge is 2.22. The van der Waals surface area contributed by atoms with Crippen molar-refractivity contribution in [1.29, 1.82) is 0 Å². The van der Waals surface area contributed by atoms with Gasteiger partial charge in [0.05, 0.1) is 0 Å². The first-order valence-corrected chi connectivity index (χ1v) is 13.9. The molecule has 190 valence electrons. The third-order valence-corrected chi connectivity index (χ3v) is 7.26.